The third-order valence-corrected chi connectivity index (χ3v) is 3.16. The standard InChI is InChI=1S/C9H14N2O2S/c1-7(11-2)8-3-5-9(6-4-8)14(10,12)13/h3-7,11H,1-2H3,(H2,10,12,13)/p+1/t7-/m0/s1. The molecule has 0 unspecified atom stereocenters. The molecule has 1 atom stereocenters. The van der Waals surface area contributed by atoms with Crippen LogP contribution >= 0.6 is 0 Å². The molecule has 0 bridgehead atoms. The van der Waals surface area contributed by atoms with Gasteiger partial charge in [0, 0.05) is 5.56 Å². The van der Waals surface area contributed by atoms with E-state index in [0.29, 0.717) is 6.04 Å². The molecule has 78 valence electrons. The van der Waals surface area contributed by atoms with E-state index in [0.717, 1.165) is 5.56 Å². The zero-order valence-electron chi connectivity index (χ0n) is 8.27. The Balaban J connectivity index is 3.01. The van der Waals surface area contributed by atoms with Gasteiger partial charge in [0.1, 0.15) is 6.04 Å². The minimum Gasteiger partial charge on any atom is -0.343 e. The number of rotatable bonds is 3. The molecule has 0 saturated carbocycles. The SMILES string of the molecule is C[NH2+][C@@H](C)c1ccc(S(N)(=O)=O)cc1. The fourth-order valence-corrected chi connectivity index (χ4v) is 1.67. The lowest BCUT2D eigenvalue weighted by atomic mass is 10.1. The Morgan fingerprint density at radius 2 is 1.79 bits per heavy atom. The quantitative estimate of drug-likeness (QED) is 0.719. The van der Waals surface area contributed by atoms with Crippen molar-refractivity contribution in [3.8, 4) is 0 Å². The van der Waals surface area contributed by atoms with Crippen molar-refractivity contribution < 1.29 is 13.7 Å². The summed E-state index contributed by atoms with van der Waals surface area (Å²) in [5, 5.41) is 7.03. The molecule has 1 aromatic rings. The second-order valence-corrected chi connectivity index (χ2v) is 4.80. The molecule has 0 fully saturated rings. The molecule has 0 saturated heterocycles. The van der Waals surface area contributed by atoms with Gasteiger partial charge in [-0.15, -0.1) is 0 Å². The van der Waals surface area contributed by atoms with Gasteiger partial charge in [0.25, 0.3) is 0 Å². The van der Waals surface area contributed by atoms with Gasteiger partial charge >= 0.3 is 0 Å². The average molecular weight is 215 g/mol. The van der Waals surface area contributed by atoms with Gasteiger partial charge in [-0.1, -0.05) is 12.1 Å². The third kappa shape index (κ3) is 2.54. The normalized spacial score (nSPS) is 13.9. The van der Waals surface area contributed by atoms with Crippen molar-refractivity contribution in [1.82, 2.24) is 0 Å². The van der Waals surface area contributed by atoms with Gasteiger partial charge in [-0.25, -0.2) is 13.6 Å². The minimum absolute atomic E-state index is 0.157. The highest BCUT2D eigenvalue weighted by Gasteiger charge is 2.09. The molecule has 0 amide bonds. The Kier molecular flexibility index (Phi) is 3.25. The molecule has 0 aliphatic rings. The average Bonchev–Trinajstić information content (AvgIpc) is 2.15. The van der Waals surface area contributed by atoms with Crippen LogP contribution in [0.2, 0.25) is 0 Å². The van der Waals surface area contributed by atoms with Crippen molar-refractivity contribution in [3.05, 3.63) is 29.8 Å². The van der Waals surface area contributed by atoms with E-state index >= 15 is 0 Å². The molecule has 0 spiro atoms. The van der Waals surface area contributed by atoms with Crippen LogP contribution in [0.15, 0.2) is 29.2 Å². The summed E-state index contributed by atoms with van der Waals surface area (Å²) in [5.74, 6) is 0. The zero-order chi connectivity index (χ0) is 10.8. The van der Waals surface area contributed by atoms with Crippen LogP contribution in [0.3, 0.4) is 0 Å². The maximum atomic E-state index is 11.0. The number of nitrogens with two attached hydrogens (primary N) is 2. The molecular weight excluding hydrogens is 200 g/mol. The lowest BCUT2D eigenvalue weighted by molar-refractivity contribution is -0.666. The first-order valence-corrected chi connectivity index (χ1v) is 5.92. The fraction of sp³-hybridized carbons (Fsp3) is 0.333. The smallest absolute Gasteiger partial charge is 0.238 e. The number of hydrogen-bond donors (Lipinski definition) is 2. The maximum absolute atomic E-state index is 11.0. The molecule has 0 aromatic heterocycles. The number of primary sulfonamides is 1. The monoisotopic (exact) mass is 215 g/mol. The van der Waals surface area contributed by atoms with Crippen LogP contribution in [0.25, 0.3) is 0 Å². The summed E-state index contributed by atoms with van der Waals surface area (Å²) in [6.07, 6.45) is 0. The fourth-order valence-electron chi connectivity index (χ4n) is 1.15. The van der Waals surface area contributed by atoms with Crippen LogP contribution in [0.1, 0.15) is 18.5 Å². The molecule has 14 heavy (non-hydrogen) atoms. The molecule has 0 radical (unpaired) electrons. The zero-order valence-corrected chi connectivity index (χ0v) is 9.08. The van der Waals surface area contributed by atoms with E-state index in [1.807, 2.05) is 19.3 Å². The van der Waals surface area contributed by atoms with E-state index in [1.165, 1.54) is 12.1 Å². The van der Waals surface area contributed by atoms with Crippen LogP contribution in [0.4, 0.5) is 0 Å². The summed E-state index contributed by atoms with van der Waals surface area (Å²) in [6, 6.07) is 6.95. The van der Waals surface area contributed by atoms with Crippen molar-refractivity contribution in [1.29, 1.82) is 0 Å². The van der Waals surface area contributed by atoms with E-state index in [4.69, 9.17) is 5.14 Å². The Morgan fingerprint density at radius 1 is 1.29 bits per heavy atom. The molecule has 0 aliphatic heterocycles. The second-order valence-electron chi connectivity index (χ2n) is 3.24. The van der Waals surface area contributed by atoms with Gasteiger partial charge in [-0.2, -0.15) is 0 Å². The van der Waals surface area contributed by atoms with Gasteiger partial charge in [0.05, 0.1) is 11.9 Å². The molecule has 0 heterocycles. The predicted molar refractivity (Wildman–Crippen MR) is 54.1 cm³/mol. The highest BCUT2D eigenvalue weighted by molar-refractivity contribution is 7.89. The highest BCUT2D eigenvalue weighted by atomic mass is 32.2. The summed E-state index contributed by atoms with van der Waals surface area (Å²) in [7, 11) is -1.59. The Hall–Kier alpha value is -0.910. The molecular formula is C9H15N2O2S+. The Morgan fingerprint density at radius 3 is 2.14 bits per heavy atom. The molecule has 1 rings (SSSR count). The van der Waals surface area contributed by atoms with Crippen LogP contribution in [-0.2, 0) is 10.0 Å². The lowest BCUT2D eigenvalue weighted by Crippen LogP contribution is -2.80. The van der Waals surface area contributed by atoms with E-state index in [1.54, 1.807) is 12.1 Å². The number of hydrogen-bond acceptors (Lipinski definition) is 2. The molecule has 5 heteroatoms. The van der Waals surface area contributed by atoms with Crippen molar-refractivity contribution >= 4 is 10.0 Å². The van der Waals surface area contributed by atoms with Gasteiger partial charge in [0.15, 0.2) is 0 Å². The van der Waals surface area contributed by atoms with Crippen molar-refractivity contribution in [2.24, 2.45) is 5.14 Å². The first kappa shape index (κ1) is 11.2. The first-order valence-electron chi connectivity index (χ1n) is 4.37. The second kappa shape index (κ2) is 4.08. The minimum atomic E-state index is -3.56. The maximum Gasteiger partial charge on any atom is 0.238 e. The van der Waals surface area contributed by atoms with Crippen molar-refractivity contribution in [2.45, 2.75) is 17.9 Å². The van der Waals surface area contributed by atoms with Gasteiger partial charge in [0.2, 0.25) is 10.0 Å². The topological polar surface area (TPSA) is 76.8 Å². The number of sulfonamides is 1. The summed E-state index contributed by atoms with van der Waals surface area (Å²) >= 11 is 0. The molecule has 1 aromatic carbocycles. The van der Waals surface area contributed by atoms with Crippen LogP contribution < -0.4 is 10.5 Å². The third-order valence-electron chi connectivity index (χ3n) is 2.23. The van der Waals surface area contributed by atoms with E-state index in [2.05, 4.69) is 0 Å². The van der Waals surface area contributed by atoms with Gasteiger partial charge in [-0.05, 0) is 19.1 Å². The predicted octanol–water partition coefficient (Wildman–Crippen LogP) is -0.412. The van der Waals surface area contributed by atoms with Crippen LogP contribution in [-0.4, -0.2) is 15.5 Å². The lowest BCUT2D eigenvalue weighted by Gasteiger charge is -2.07. The number of benzene rings is 1. The number of quaternary nitrogens is 1. The summed E-state index contributed by atoms with van der Waals surface area (Å²) < 4.78 is 21.9. The highest BCUT2D eigenvalue weighted by Crippen LogP contribution is 2.12. The first-order chi connectivity index (χ1) is 6.45. The Bertz CT molecular complexity index is 397. The van der Waals surface area contributed by atoms with Crippen molar-refractivity contribution in [3.63, 3.8) is 0 Å². The molecule has 0 aliphatic carbocycles. The van der Waals surface area contributed by atoms with E-state index in [-0.39, 0.29) is 4.90 Å². The van der Waals surface area contributed by atoms with Gasteiger partial charge < -0.3 is 5.32 Å². The van der Waals surface area contributed by atoms with E-state index in [9.17, 15) is 8.42 Å². The van der Waals surface area contributed by atoms with E-state index < -0.39 is 10.0 Å². The molecule has 4 N–H and O–H groups in total. The summed E-state index contributed by atoms with van der Waals surface area (Å²) in [5.41, 5.74) is 1.08. The van der Waals surface area contributed by atoms with Crippen LogP contribution in [0.5, 0.6) is 0 Å². The largest absolute Gasteiger partial charge is 0.343 e. The summed E-state index contributed by atoms with van der Waals surface area (Å²) in [4.78, 5) is 0.157. The van der Waals surface area contributed by atoms with Crippen molar-refractivity contribution in [2.75, 3.05) is 7.05 Å². The van der Waals surface area contributed by atoms with Gasteiger partial charge in [-0.3, -0.25) is 0 Å². The summed E-state index contributed by atoms with van der Waals surface area (Å²) in [6.45, 7) is 2.05. The molecule has 4 nitrogen and oxygen atoms in total. The Labute approximate surface area is 84.2 Å². The van der Waals surface area contributed by atoms with Crippen LogP contribution in [0, 0.1) is 0 Å².